The van der Waals surface area contributed by atoms with E-state index in [1.165, 1.54) is 0 Å². The molecule has 0 aliphatic carbocycles. The summed E-state index contributed by atoms with van der Waals surface area (Å²) < 4.78 is 0. The Morgan fingerprint density at radius 3 is 2.25 bits per heavy atom. The highest BCUT2D eigenvalue weighted by molar-refractivity contribution is 6.18. The van der Waals surface area contributed by atoms with Gasteiger partial charge in [-0.3, -0.25) is 4.99 Å². The summed E-state index contributed by atoms with van der Waals surface area (Å²) in [5.41, 5.74) is 0. The number of hydrogen-bond donors (Lipinski definition) is 0. The first-order chi connectivity index (χ1) is 3.68. The topological polar surface area (TPSA) is 15.6 Å². The fourth-order valence-corrected chi connectivity index (χ4v) is 0.401. The first-order valence-electron chi connectivity index (χ1n) is 2.43. The van der Waals surface area contributed by atoms with Crippen molar-refractivity contribution in [3.05, 3.63) is 0 Å². The molecule has 0 spiro atoms. The molecule has 0 aliphatic rings. The summed E-state index contributed by atoms with van der Waals surface area (Å²) in [6.07, 6.45) is 0. The van der Waals surface area contributed by atoms with E-state index >= 15 is 0 Å². The van der Waals surface area contributed by atoms with Crippen molar-refractivity contribution in [2.45, 2.75) is 6.92 Å². The minimum Gasteiger partial charge on any atom is -0.367 e. The zero-order chi connectivity index (χ0) is 6.57. The van der Waals surface area contributed by atoms with E-state index in [1.807, 2.05) is 25.9 Å². The molecule has 0 unspecified atom stereocenters. The van der Waals surface area contributed by atoms with E-state index in [9.17, 15) is 0 Å². The number of alkyl halides is 1. The minimum absolute atomic E-state index is 0.351. The first-order valence-corrected chi connectivity index (χ1v) is 2.96. The second-order valence-electron chi connectivity index (χ2n) is 1.72. The van der Waals surface area contributed by atoms with Gasteiger partial charge in [-0.1, -0.05) is 0 Å². The van der Waals surface area contributed by atoms with Crippen molar-refractivity contribution in [3.8, 4) is 0 Å². The molecule has 2 nitrogen and oxygen atoms in total. The fourth-order valence-electron chi connectivity index (χ4n) is 0.228. The maximum Gasteiger partial charge on any atom is 0.115 e. The zero-order valence-corrected chi connectivity index (χ0v) is 6.24. The van der Waals surface area contributed by atoms with E-state index in [1.54, 1.807) is 0 Å². The molecule has 0 bridgehead atoms. The number of rotatable bonds is 1. The van der Waals surface area contributed by atoms with Gasteiger partial charge in [-0.25, -0.2) is 0 Å². The predicted octanol–water partition coefficient (Wildman–Crippen LogP) is 1.16. The van der Waals surface area contributed by atoms with E-state index in [-0.39, 0.29) is 0 Å². The lowest BCUT2D eigenvalue weighted by molar-refractivity contribution is 0.616. The van der Waals surface area contributed by atoms with Crippen LogP contribution in [0.3, 0.4) is 0 Å². The fraction of sp³-hybridized carbons (Fsp3) is 0.800. The maximum absolute atomic E-state index is 5.33. The zero-order valence-electron chi connectivity index (χ0n) is 5.48. The van der Waals surface area contributed by atoms with E-state index < -0.39 is 0 Å². The third-order valence-corrected chi connectivity index (χ3v) is 1.06. The minimum atomic E-state index is 0.351. The Bertz CT molecular complexity index is 88.4. The second kappa shape index (κ2) is 3.72. The van der Waals surface area contributed by atoms with Crippen molar-refractivity contribution in [1.82, 2.24) is 4.90 Å². The summed E-state index contributed by atoms with van der Waals surface area (Å²) in [5, 5.41) is 0. The van der Waals surface area contributed by atoms with Crippen molar-refractivity contribution < 1.29 is 0 Å². The quantitative estimate of drug-likeness (QED) is 0.228. The second-order valence-corrected chi connectivity index (χ2v) is 1.96. The number of halogens is 1. The molecule has 0 atom stereocenters. The van der Waals surface area contributed by atoms with E-state index in [0.29, 0.717) is 6.00 Å². The van der Waals surface area contributed by atoms with Crippen LogP contribution in [0, 0.1) is 0 Å². The summed E-state index contributed by atoms with van der Waals surface area (Å²) in [6.45, 7) is 1.92. The van der Waals surface area contributed by atoms with Gasteiger partial charge in [0.25, 0.3) is 0 Å². The van der Waals surface area contributed by atoms with Crippen LogP contribution in [0.4, 0.5) is 0 Å². The standard InChI is InChI=1S/C5H11ClN2/c1-5(7-4-6)8(2)3/h4H2,1-3H3/b7-5+. The molecule has 0 rings (SSSR count). The van der Waals surface area contributed by atoms with E-state index in [2.05, 4.69) is 4.99 Å². The van der Waals surface area contributed by atoms with Crippen LogP contribution in [0.5, 0.6) is 0 Å². The molecule has 0 N–H and O–H groups in total. The van der Waals surface area contributed by atoms with Crippen molar-refractivity contribution in [2.75, 3.05) is 20.1 Å². The first kappa shape index (κ1) is 7.76. The molecule has 0 radical (unpaired) electrons. The Hall–Kier alpha value is -0.240. The van der Waals surface area contributed by atoms with Crippen molar-refractivity contribution in [3.63, 3.8) is 0 Å². The summed E-state index contributed by atoms with van der Waals surface area (Å²) >= 11 is 5.33. The Labute approximate surface area is 55.2 Å². The molecule has 0 aromatic heterocycles. The summed E-state index contributed by atoms with van der Waals surface area (Å²) in [6, 6.07) is 0.351. The van der Waals surface area contributed by atoms with Gasteiger partial charge in [0.1, 0.15) is 6.00 Å². The van der Waals surface area contributed by atoms with Crippen LogP contribution < -0.4 is 0 Å². The van der Waals surface area contributed by atoms with Gasteiger partial charge in [0.15, 0.2) is 0 Å². The SMILES string of the molecule is C/C(=N\CCl)N(C)C. The van der Waals surface area contributed by atoms with Crippen LogP contribution in [-0.2, 0) is 0 Å². The molecule has 0 heterocycles. The van der Waals surface area contributed by atoms with Gasteiger partial charge in [-0.15, -0.1) is 11.6 Å². The molecule has 0 saturated heterocycles. The summed E-state index contributed by atoms with van der Waals surface area (Å²) in [4.78, 5) is 5.85. The Morgan fingerprint density at radius 1 is 1.62 bits per heavy atom. The molecular weight excluding hydrogens is 124 g/mol. The molecule has 0 fully saturated rings. The largest absolute Gasteiger partial charge is 0.367 e. The van der Waals surface area contributed by atoms with Crippen LogP contribution >= 0.6 is 11.6 Å². The highest BCUT2D eigenvalue weighted by Crippen LogP contribution is 1.83. The summed E-state index contributed by atoms with van der Waals surface area (Å²) in [7, 11) is 3.87. The Morgan fingerprint density at radius 2 is 2.12 bits per heavy atom. The molecule has 0 amide bonds. The average Bonchev–Trinajstić information content (AvgIpc) is 1.67. The summed E-state index contributed by atoms with van der Waals surface area (Å²) in [5.74, 6) is 0.958. The third kappa shape index (κ3) is 2.86. The van der Waals surface area contributed by atoms with Gasteiger partial charge in [0.05, 0.1) is 5.84 Å². The van der Waals surface area contributed by atoms with E-state index in [4.69, 9.17) is 11.6 Å². The molecule has 8 heavy (non-hydrogen) atoms. The number of hydrogen-bond acceptors (Lipinski definition) is 1. The number of amidine groups is 1. The third-order valence-electron chi connectivity index (χ3n) is 0.936. The maximum atomic E-state index is 5.33. The number of aliphatic imine (C=N–C) groups is 1. The van der Waals surface area contributed by atoms with Gasteiger partial charge in [-0.05, 0) is 6.92 Å². The Kier molecular flexibility index (Phi) is 3.61. The Balaban J connectivity index is 3.61. The highest BCUT2D eigenvalue weighted by Gasteiger charge is 1.87. The molecule has 0 aliphatic heterocycles. The van der Waals surface area contributed by atoms with Gasteiger partial charge in [0, 0.05) is 14.1 Å². The lowest BCUT2D eigenvalue weighted by Crippen LogP contribution is -2.18. The van der Waals surface area contributed by atoms with Gasteiger partial charge in [-0.2, -0.15) is 0 Å². The molecule has 0 saturated carbocycles. The molecule has 0 aromatic rings. The van der Waals surface area contributed by atoms with E-state index in [0.717, 1.165) is 5.84 Å². The van der Waals surface area contributed by atoms with Crippen LogP contribution in [0.25, 0.3) is 0 Å². The molecule has 0 aromatic carbocycles. The van der Waals surface area contributed by atoms with Gasteiger partial charge >= 0.3 is 0 Å². The lowest BCUT2D eigenvalue weighted by atomic mass is 10.6. The lowest BCUT2D eigenvalue weighted by Gasteiger charge is -2.09. The van der Waals surface area contributed by atoms with Crippen molar-refractivity contribution in [2.24, 2.45) is 4.99 Å². The normalized spacial score (nSPS) is 11.8. The number of nitrogens with zero attached hydrogens (tertiary/aromatic N) is 2. The smallest absolute Gasteiger partial charge is 0.115 e. The molecular formula is C5H11ClN2. The van der Waals surface area contributed by atoms with Crippen molar-refractivity contribution in [1.29, 1.82) is 0 Å². The molecule has 48 valence electrons. The van der Waals surface area contributed by atoms with Crippen molar-refractivity contribution >= 4 is 17.4 Å². The van der Waals surface area contributed by atoms with Crippen LogP contribution in [-0.4, -0.2) is 30.8 Å². The van der Waals surface area contributed by atoms with Crippen LogP contribution in [0.2, 0.25) is 0 Å². The van der Waals surface area contributed by atoms with Gasteiger partial charge < -0.3 is 4.90 Å². The average molecular weight is 135 g/mol. The predicted molar refractivity (Wildman–Crippen MR) is 37.5 cm³/mol. The van der Waals surface area contributed by atoms with Crippen LogP contribution in [0.15, 0.2) is 4.99 Å². The van der Waals surface area contributed by atoms with Gasteiger partial charge in [0.2, 0.25) is 0 Å². The highest BCUT2D eigenvalue weighted by atomic mass is 35.5. The molecule has 3 heteroatoms. The van der Waals surface area contributed by atoms with Crippen LogP contribution in [0.1, 0.15) is 6.92 Å². The monoisotopic (exact) mass is 134 g/mol.